The smallest absolute Gasteiger partial charge is 0.234 e. The average molecular weight is 502 g/mol. The molecule has 2 N–H and O–H groups in total. The molecule has 0 radical (unpaired) electrons. The summed E-state index contributed by atoms with van der Waals surface area (Å²) in [5.41, 5.74) is 2.57. The molecule has 0 bridgehead atoms. The van der Waals surface area contributed by atoms with Gasteiger partial charge in [-0.3, -0.25) is 4.79 Å². The molecular formula is C24H28ClN5O3S. The molecule has 1 aliphatic heterocycles. The Morgan fingerprint density at radius 3 is 2.91 bits per heavy atom. The first kappa shape index (κ1) is 24.4. The number of aromatic nitrogens is 3. The summed E-state index contributed by atoms with van der Waals surface area (Å²) in [4.78, 5) is 12.6. The molecule has 10 heteroatoms. The van der Waals surface area contributed by atoms with E-state index in [1.807, 2.05) is 54.0 Å². The van der Waals surface area contributed by atoms with E-state index in [0.717, 1.165) is 36.5 Å². The van der Waals surface area contributed by atoms with Crippen molar-refractivity contribution in [3.05, 3.63) is 58.9 Å². The number of amides is 1. The SMILES string of the molecule is COc1ccccc1NC(=O)CSc1nnc(CNc2ccc(C)c(Cl)c2)n1C[C@@H]1CCCO1. The van der Waals surface area contributed by atoms with E-state index in [1.165, 1.54) is 11.8 Å². The zero-order valence-electron chi connectivity index (χ0n) is 19.2. The Balaban J connectivity index is 1.43. The molecule has 0 aliphatic carbocycles. The van der Waals surface area contributed by atoms with Crippen LogP contribution in [0.25, 0.3) is 0 Å². The van der Waals surface area contributed by atoms with E-state index in [-0.39, 0.29) is 17.8 Å². The standard InChI is InChI=1S/C24H28ClN5O3S/c1-16-9-10-17(12-19(16)25)26-13-22-28-29-24(30(22)14-18-6-5-11-33-18)34-15-23(31)27-20-7-3-4-8-21(20)32-2/h3-4,7-10,12,18,26H,5-6,11,13-15H2,1-2H3,(H,27,31)/t18-/m0/s1. The fraction of sp³-hybridized carbons (Fsp3) is 0.375. The van der Waals surface area contributed by atoms with Gasteiger partial charge < -0.3 is 24.7 Å². The first-order valence-corrected chi connectivity index (χ1v) is 12.5. The Bertz CT molecular complexity index is 1130. The molecule has 1 atom stereocenters. The number of nitrogens with one attached hydrogen (secondary N) is 2. The molecule has 180 valence electrons. The second kappa shape index (κ2) is 11.6. The van der Waals surface area contributed by atoms with Gasteiger partial charge in [0.25, 0.3) is 0 Å². The van der Waals surface area contributed by atoms with Crippen LogP contribution in [0, 0.1) is 6.92 Å². The molecule has 4 rings (SSSR count). The van der Waals surface area contributed by atoms with Gasteiger partial charge >= 0.3 is 0 Å². The fourth-order valence-electron chi connectivity index (χ4n) is 3.68. The number of carbonyl (C=O) groups is 1. The van der Waals surface area contributed by atoms with Crippen molar-refractivity contribution in [1.29, 1.82) is 0 Å². The lowest BCUT2D eigenvalue weighted by Gasteiger charge is -2.15. The maximum atomic E-state index is 12.6. The van der Waals surface area contributed by atoms with Gasteiger partial charge in [-0.2, -0.15) is 0 Å². The Kier molecular flexibility index (Phi) is 8.31. The van der Waals surface area contributed by atoms with Crippen molar-refractivity contribution in [2.45, 2.75) is 44.1 Å². The number of hydrogen-bond acceptors (Lipinski definition) is 7. The van der Waals surface area contributed by atoms with Crippen molar-refractivity contribution >= 4 is 40.6 Å². The maximum Gasteiger partial charge on any atom is 0.234 e. The molecule has 2 heterocycles. The predicted octanol–water partition coefficient (Wildman–Crippen LogP) is 4.77. The summed E-state index contributed by atoms with van der Waals surface area (Å²) in [5, 5.41) is 16.4. The van der Waals surface area contributed by atoms with Crippen LogP contribution in [0.1, 0.15) is 24.2 Å². The number of nitrogens with zero attached hydrogens (tertiary/aromatic N) is 3. The van der Waals surface area contributed by atoms with Crippen LogP contribution in [0.5, 0.6) is 5.75 Å². The van der Waals surface area contributed by atoms with Gasteiger partial charge in [-0.1, -0.05) is 41.6 Å². The third-order valence-corrected chi connectivity index (χ3v) is 6.91. The molecule has 2 aromatic carbocycles. The minimum atomic E-state index is -0.143. The number of aryl methyl sites for hydroxylation is 1. The molecule has 0 unspecified atom stereocenters. The number of para-hydroxylation sites is 2. The highest BCUT2D eigenvalue weighted by Crippen LogP contribution is 2.26. The second-order valence-electron chi connectivity index (χ2n) is 8.00. The van der Waals surface area contributed by atoms with E-state index < -0.39 is 0 Å². The van der Waals surface area contributed by atoms with Crippen LogP contribution in [0.4, 0.5) is 11.4 Å². The van der Waals surface area contributed by atoms with Crippen LogP contribution in [0.3, 0.4) is 0 Å². The molecule has 3 aromatic rings. The van der Waals surface area contributed by atoms with Crippen molar-refractivity contribution in [3.63, 3.8) is 0 Å². The molecule has 1 saturated heterocycles. The van der Waals surface area contributed by atoms with Crippen molar-refractivity contribution < 1.29 is 14.3 Å². The molecule has 1 amide bonds. The Hall–Kier alpha value is -2.75. The monoisotopic (exact) mass is 501 g/mol. The van der Waals surface area contributed by atoms with Crippen LogP contribution >= 0.6 is 23.4 Å². The lowest BCUT2D eigenvalue weighted by Crippen LogP contribution is -2.20. The molecular weight excluding hydrogens is 474 g/mol. The number of rotatable bonds is 10. The minimum absolute atomic E-state index is 0.116. The molecule has 0 saturated carbocycles. The number of methoxy groups -OCH3 is 1. The first-order valence-electron chi connectivity index (χ1n) is 11.1. The number of benzene rings is 2. The third-order valence-electron chi connectivity index (χ3n) is 5.54. The van der Waals surface area contributed by atoms with Crippen LogP contribution in [0.15, 0.2) is 47.6 Å². The number of halogens is 1. The number of carbonyl (C=O) groups excluding carboxylic acids is 1. The summed E-state index contributed by atoms with van der Waals surface area (Å²) in [6.07, 6.45) is 2.16. The highest BCUT2D eigenvalue weighted by atomic mass is 35.5. The zero-order chi connectivity index (χ0) is 23.9. The lowest BCUT2D eigenvalue weighted by molar-refractivity contribution is -0.113. The Labute approximate surface area is 208 Å². The summed E-state index contributed by atoms with van der Waals surface area (Å²) in [6, 6.07) is 13.2. The minimum Gasteiger partial charge on any atom is -0.495 e. The molecule has 1 aliphatic rings. The van der Waals surface area contributed by atoms with E-state index in [2.05, 4.69) is 20.8 Å². The van der Waals surface area contributed by atoms with Gasteiger partial charge in [0.05, 0.1) is 37.7 Å². The quantitative estimate of drug-likeness (QED) is 0.387. The Morgan fingerprint density at radius 1 is 1.29 bits per heavy atom. The second-order valence-corrected chi connectivity index (χ2v) is 9.35. The van der Waals surface area contributed by atoms with Gasteiger partial charge in [-0.25, -0.2) is 0 Å². The van der Waals surface area contributed by atoms with Crippen molar-refractivity contribution in [2.75, 3.05) is 30.1 Å². The van der Waals surface area contributed by atoms with Crippen LogP contribution < -0.4 is 15.4 Å². The largest absolute Gasteiger partial charge is 0.495 e. The summed E-state index contributed by atoms with van der Waals surface area (Å²) >= 11 is 7.60. The summed E-state index contributed by atoms with van der Waals surface area (Å²) in [5.74, 6) is 1.45. The average Bonchev–Trinajstić information content (AvgIpc) is 3.49. The van der Waals surface area contributed by atoms with Crippen molar-refractivity contribution in [1.82, 2.24) is 14.8 Å². The van der Waals surface area contributed by atoms with E-state index in [9.17, 15) is 4.79 Å². The van der Waals surface area contributed by atoms with E-state index in [1.54, 1.807) is 7.11 Å². The molecule has 1 aromatic heterocycles. The topological polar surface area (TPSA) is 90.3 Å². The summed E-state index contributed by atoms with van der Waals surface area (Å²) < 4.78 is 13.2. The Morgan fingerprint density at radius 2 is 2.15 bits per heavy atom. The molecule has 8 nitrogen and oxygen atoms in total. The summed E-state index contributed by atoms with van der Waals surface area (Å²) in [6.45, 7) is 3.87. The zero-order valence-corrected chi connectivity index (χ0v) is 20.8. The highest BCUT2D eigenvalue weighted by molar-refractivity contribution is 7.99. The van der Waals surface area contributed by atoms with Crippen LogP contribution in [0.2, 0.25) is 5.02 Å². The van der Waals surface area contributed by atoms with Gasteiger partial charge in [-0.05, 0) is 49.6 Å². The van der Waals surface area contributed by atoms with Gasteiger partial charge in [0.2, 0.25) is 5.91 Å². The maximum absolute atomic E-state index is 12.6. The number of ether oxygens (including phenoxy) is 2. The van der Waals surface area contributed by atoms with Crippen LogP contribution in [-0.4, -0.2) is 46.2 Å². The molecule has 0 spiro atoms. The number of hydrogen-bond donors (Lipinski definition) is 2. The first-order chi connectivity index (χ1) is 16.5. The fourth-order valence-corrected chi connectivity index (χ4v) is 4.63. The molecule has 34 heavy (non-hydrogen) atoms. The normalized spacial score (nSPS) is 15.3. The van der Waals surface area contributed by atoms with Crippen LogP contribution in [-0.2, 0) is 22.6 Å². The van der Waals surface area contributed by atoms with Gasteiger partial charge in [0.1, 0.15) is 5.75 Å². The van der Waals surface area contributed by atoms with Gasteiger partial charge in [0, 0.05) is 17.3 Å². The van der Waals surface area contributed by atoms with E-state index >= 15 is 0 Å². The van der Waals surface area contributed by atoms with E-state index in [4.69, 9.17) is 21.1 Å². The lowest BCUT2D eigenvalue weighted by atomic mass is 10.2. The van der Waals surface area contributed by atoms with Crippen molar-refractivity contribution in [2.24, 2.45) is 0 Å². The number of anilines is 2. The van der Waals surface area contributed by atoms with Gasteiger partial charge in [-0.15, -0.1) is 10.2 Å². The summed E-state index contributed by atoms with van der Waals surface area (Å²) in [7, 11) is 1.58. The van der Waals surface area contributed by atoms with Crippen molar-refractivity contribution in [3.8, 4) is 5.75 Å². The number of thioether (sulfide) groups is 1. The van der Waals surface area contributed by atoms with Gasteiger partial charge in [0.15, 0.2) is 11.0 Å². The molecule has 1 fully saturated rings. The third kappa shape index (κ3) is 6.22. The predicted molar refractivity (Wildman–Crippen MR) is 135 cm³/mol. The highest BCUT2D eigenvalue weighted by Gasteiger charge is 2.21. The van der Waals surface area contributed by atoms with E-state index in [0.29, 0.717) is 34.7 Å².